The zero-order chi connectivity index (χ0) is 8.97. The number of hydrogen-bond acceptors (Lipinski definition) is 2. The molecule has 0 fully saturated rings. The summed E-state index contributed by atoms with van der Waals surface area (Å²) in [6.45, 7) is 0. The van der Waals surface area contributed by atoms with E-state index >= 15 is 0 Å². The van der Waals surface area contributed by atoms with E-state index in [4.69, 9.17) is 0 Å². The van der Waals surface area contributed by atoms with Crippen molar-refractivity contribution in [3.05, 3.63) is 35.9 Å². The van der Waals surface area contributed by atoms with Crippen LogP contribution in [-0.2, 0) is 27.8 Å². The second-order valence-corrected chi connectivity index (χ2v) is 4.20. The standard InChI is InChI=1S/C9H9O2.BrH.Zn/c1-11-9(10)7-8-5-3-2-4-6-8;;/h2-7H,1H3;1H;. The number of hydrogen-bond donors (Lipinski definition) is 0. The normalized spacial score (nSPS) is 11.3. The Labute approximate surface area is 98.1 Å². The molecule has 2 nitrogen and oxygen atoms in total. The monoisotopic (exact) mass is 293 g/mol. The molecule has 0 saturated heterocycles. The van der Waals surface area contributed by atoms with Crippen LogP contribution < -0.4 is 0 Å². The molecule has 67 valence electrons. The Bertz CT molecular complexity index is 264. The molecule has 1 atom stereocenters. The molecule has 1 aromatic rings. The van der Waals surface area contributed by atoms with Crippen LogP contribution in [0.15, 0.2) is 30.3 Å². The molecule has 0 N–H and O–H groups in total. The van der Waals surface area contributed by atoms with Crippen LogP contribution in [-0.4, -0.2) is 13.1 Å². The molecule has 0 aromatic heterocycles. The minimum atomic E-state index is -0.138. The first-order valence-corrected chi connectivity index (χ1v) is 5.43. The second-order valence-electron chi connectivity index (χ2n) is 2.49. The van der Waals surface area contributed by atoms with Gasteiger partial charge in [0.05, 0.1) is 0 Å². The Morgan fingerprint density at radius 2 is 1.92 bits per heavy atom. The summed E-state index contributed by atoms with van der Waals surface area (Å²) in [5.74, 6) is -0.138. The van der Waals surface area contributed by atoms with Crippen LogP contribution in [0.25, 0.3) is 0 Å². The first-order chi connectivity index (χ1) is 5.75. The fourth-order valence-electron chi connectivity index (χ4n) is 0.964. The zero-order valence-corrected chi connectivity index (χ0v) is 12.1. The van der Waals surface area contributed by atoms with E-state index in [1.54, 1.807) is 0 Å². The Kier molecular flexibility index (Phi) is 6.18. The number of benzene rings is 1. The molecular formula is C9H10BrO2Zn. The average Bonchev–Trinajstić information content (AvgIpc) is 2.17. The van der Waals surface area contributed by atoms with Gasteiger partial charge in [-0.1, -0.05) is 0 Å². The van der Waals surface area contributed by atoms with Gasteiger partial charge in [0.15, 0.2) is 0 Å². The molecule has 13 heavy (non-hydrogen) atoms. The third-order valence-electron chi connectivity index (χ3n) is 1.69. The molecule has 0 aliphatic rings. The quantitative estimate of drug-likeness (QED) is 0.616. The number of methoxy groups -OCH3 is 1. The number of carbonyl (C=O) groups is 1. The molecule has 1 aromatic carbocycles. The van der Waals surface area contributed by atoms with E-state index in [1.807, 2.05) is 30.3 Å². The third-order valence-corrected chi connectivity index (χ3v) is 3.38. The van der Waals surface area contributed by atoms with Crippen molar-refractivity contribution in [3.8, 4) is 0 Å². The number of ether oxygens (including phenoxy) is 1. The van der Waals surface area contributed by atoms with Crippen molar-refractivity contribution in [2.24, 2.45) is 0 Å². The average molecular weight is 295 g/mol. The SMILES string of the molecule is Br.COC(=O)[CH]([Zn])c1ccccc1. The van der Waals surface area contributed by atoms with Crippen LogP contribution in [0.2, 0.25) is 0 Å². The van der Waals surface area contributed by atoms with Crippen molar-refractivity contribution in [2.45, 2.75) is 4.51 Å². The van der Waals surface area contributed by atoms with Gasteiger partial charge in [-0.25, -0.2) is 0 Å². The van der Waals surface area contributed by atoms with Gasteiger partial charge in [0.25, 0.3) is 0 Å². The van der Waals surface area contributed by atoms with Crippen molar-refractivity contribution in [1.82, 2.24) is 0 Å². The maximum absolute atomic E-state index is 11.1. The van der Waals surface area contributed by atoms with E-state index < -0.39 is 0 Å². The summed E-state index contributed by atoms with van der Waals surface area (Å²) in [4.78, 5) is 11.1. The number of rotatable bonds is 2. The molecule has 4 heteroatoms. The van der Waals surface area contributed by atoms with Gasteiger partial charge in [0.2, 0.25) is 0 Å². The predicted octanol–water partition coefficient (Wildman–Crippen LogP) is 2.03. The van der Waals surface area contributed by atoms with E-state index in [2.05, 4.69) is 4.74 Å². The minimum absolute atomic E-state index is 0. The predicted molar refractivity (Wildman–Crippen MR) is 51.5 cm³/mol. The molecule has 0 saturated carbocycles. The van der Waals surface area contributed by atoms with Gasteiger partial charge in [-0.05, 0) is 0 Å². The molecule has 1 unspecified atom stereocenters. The van der Waals surface area contributed by atoms with Crippen LogP contribution in [0.4, 0.5) is 0 Å². The molecule has 0 radical (unpaired) electrons. The van der Waals surface area contributed by atoms with E-state index in [1.165, 1.54) is 7.11 Å². The van der Waals surface area contributed by atoms with Gasteiger partial charge in [-0.3, -0.25) is 0 Å². The zero-order valence-electron chi connectivity index (χ0n) is 7.40. The van der Waals surface area contributed by atoms with Gasteiger partial charge in [-0.2, -0.15) is 0 Å². The summed E-state index contributed by atoms with van der Waals surface area (Å²) in [5.41, 5.74) is 1.05. The Balaban J connectivity index is 0.00000144. The van der Waals surface area contributed by atoms with Crippen LogP contribution in [0.1, 0.15) is 10.1 Å². The van der Waals surface area contributed by atoms with Gasteiger partial charge >= 0.3 is 81.3 Å². The van der Waals surface area contributed by atoms with Gasteiger partial charge < -0.3 is 0 Å². The van der Waals surface area contributed by atoms with Crippen molar-refractivity contribution >= 4 is 23.0 Å². The molecule has 0 bridgehead atoms. The molecule has 0 amide bonds. The van der Waals surface area contributed by atoms with E-state index in [0.29, 0.717) is 0 Å². The van der Waals surface area contributed by atoms with E-state index in [-0.39, 0.29) is 27.5 Å². The molecule has 1 rings (SSSR count). The van der Waals surface area contributed by atoms with Gasteiger partial charge in [0, 0.05) is 0 Å². The third kappa shape index (κ3) is 3.57. The maximum atomic E-state index is 11.1. The summed E-state index contributed by atoms with van der Waals surface area (Å²) in [5, 5.41) is 0. The summed E-state index contributed by atoms with van der Waals surface area (Å²) in [6, 6.07) is 9.70. The van der Waals surface area contributed by atoms with Crippen LogP contribution >= 0.6 is 17.0 Å². The summed E-state index contributed by atoms with van der Waals surface area (Å²) < 4.78 is 4.61. The topological polar surface area (TPSA) is 26.3 Å². The molecule has 0 spiro atoms. The fourth-order valence-corrected chi connectivity index (χ4v) is 1.88. The number of esters is 1. The molecular weight excluding hydrogens is 285 g/mol. The van der Waals surface area contributed by atoms with Crippen molar-refractivity contribution < 1.29 is 27.8 Å². The van der Waals surface area contributed by atoms with E-state index in [9.17, 15) is 4.79 Å². The first kappa shape index (κ1) is 12.8. The molecule has 0 aliphatic heterocycles. The Morgan fingerprint density at radius 1 is 1.38 bits per heavy atom. The number of carbonyl (C=O) groups excluding carboxylic acids is 1. The van der Waals surface area contributed by atoms with Crippen molar-refractivity contribution in [3.63, 3.8) is 0 Å². The van der Waals surface area contributed by atoms with Gasteiger partial charge in [-0.15, -0.1) is 17.0 Å². The number of halogens is 1. The Morgan fingerprint density at radius 3 is 2.38 bits per heavy atom. The molecule has 0 heterocycles. The van der Waals surface area contributed by atoms with Gasteiger partial charge in [0.1, 0.15) is 0 Å². The van der Waals surface area contributed by atoms with Crippen LogP contribution in [0, 0.1) is 0 Å². The van der Waals surface area contributed by atoms with Crippen LogP contribution in [0.3, 0.4) is 0 Å². The summed E-state index contributed by atoms with van der Waals surface area (Å²) in [6.07, 6.45) is 0. The Hall–Kier alpha value is -0.207. The summed E-state index contributed by atoms with van der Waals surface area (Å²) >= 11 is 0.899. The van der Waals surface area contributed by atoms with Crippen molar-refractivity contribution in [1.29, 1.82) is 0 Å². The van der Waals surface area contributed by atoms with Crippen LogP contribution in [0.5, 0.6) is 0 Å². The van der Waals surface area contributed by atoms with Crippen molar-refractivity contribution in [2.75, 3.05) is 7.11 Å². The second kappa shape index (κ2) is 6.28. The fraction of sp³-hybridized carbons (Fsp3) is 0.222. The summed E-state index contributed by atoms with van der Waals surface area (Å²) in [7, 11) is 1.42. The molecule has 0 aliphatic carbocycles. The van der Waals surface area contributed by atoms with E-state index in [0.717, 1.165) is 23.9 Å². The first-order valence-electron chi connectivity index (χ1n) is 3.71.